The topological polar surface area (TPSA) is 12.0 Å². The molecule has 1 atom stereocenters. The fraction of sp³-hybridized carbons (Fsp3) is 0.667. The van der Waals surface area contributed by atoms with Crippen molar-refractivity contribution in [3.63, 3.8) is 0 Å². The van der Waals surface area contributed by atoms with Gasteiger partial charge >= 0.3 is 0 Å². The SMILES string of the molecule is CCCCCCCCCC(Cc1ccc(F)cc1Cl)NC. The minimum Gasteiger partial charge on any atom is -0.317 e. The van der Waals surface area contributed by atoms with Gasteiger partial charge in [-0.2, -0.15) is 0 Å². The minimum absolute atomic E-state index is 0.267. The first-order valence-electron chi connectivity index (χ1n) is 8.28. The maximum atomic E-state index is 13.0. The van der Waals surface area contributed by atoms with Crippen LogP contribution in [0.15, 0.2) is 18.2 Å². The molecule has 3 heteroatoms. The first kappa shape index (κ1) is 18.4. The van der Waals surface area contributed by atoms with Crippen LogP contribution in [0.4, 0.5) is 4.39 Å². The number of rotatable bonds is 11. The largest absolute Gasteiger partial charge is 0.317 e. The monoisotopic (exact) mass is 313 g/mol. The lowest BCUT2D eigenvalue weighted by molar-refractivity contribution is 0.478. The van der Waals surface area contributed by atoms with Crippen molar-refractivity contribution in [2.75, 3.05) is 7.05 Å². The van der Waals surface area contributed by atoms with E-state index in [2.05, 4.69) is 12.2 Å². The number of likely N-dealkylation sites (N-methyl/N-ethyl adjacent to an activating group) is 1. The van der Waals surface area contributed by atoms with Gasteiger partial charge in [-0.05, 0) is 37.6 Å². The Hall–Kier alpha value is -0.600. The minimum atomic E-state index is -0.267. The predicted octanol–water partition coefficient (Wildman–Crippen LogP) is 5.75. The van der Waals surface area contributed by atoms with E-state index in [9.17, 15) is 4.39 Å². The molecule has 0 radical (unpaired) electrons. The lowest BCUT2D eigenvalue weighted by Crippen LogP contribution is -2.27. The maximum absolute atomic E-state index is 13.0. The van der Waals surface area contributed by atoms with Crippen molar-refractivity contribution in [2.24, 2.45) is 0 Å². The van der Waals surface area contributed by atoms with E-state index in [4.69, 9.17) is 11.6 Å². The molecule has 120 valence electrons. The van der Waals surface area contributed by atoms with E-state index in [1.165, 1.54) is 57.1 Å². The lowest BCUT2D eigenvalue weighted by Gasteiger charge is -2.17. The van der Waals surface area contributed by atoms with E-state index in [-0.39, 0.29) is 5.82 Å². The lowest BCUT2D eigenvalue weighted by atomic mass is 9.99. The van der Waals surface area contributed by atoms with Gasteiger partial charge in [0.2, 0.25) is 0 Å². The Morgan fingerprint density at radius 1 is 1.10 bits per heavy atom. The third kappa shape index (κ3) is 7.82. The molecule has 0 fully saturated rings. The normalized spacial score (nSPS) is 12.6. The zero-order chi connectivity index (χ0) is 15.5. The molecule has 0 aliphatic heterocycles. The molecule has 0 amide bonds. The highest BCUT2D eigenvalue weighted by molar-refractivity contribution is 6.31. The van der Waals surface area contributed by atoms with Gasteiger partial charge in [-0.1, -0.05) is 69.5 Å². The van der Waals surface area contributed by atoms with Crippen LogP contribution in [0, 0.1) is 5.82 Å². The van der Waals surface area contributed by atoms with Gasteiger partial charge in [0.25, 0.3) is 0 Å². The summed E-state index contributed by atoms with van der Waals surface area (Å²) < 4.78 is 13.0. The quantitative estimate of drug-likeness (QED) is 0.513. The van der Waals surface area contributed by atoms with Crippen LogP contribution in [0.25, 0.3) is 0 Å². The van der Waals surface area contributed by atoms with Crippen molar-refractivity contribution < 1.29 is 4.39 Å². The van der Waals surface area contributed by atoms with Crippen molar-refractivity contribution in [3.8, 4) is 0 Å². The van der Waals surface area contributed by atoms with Gasteiger partial charge in [-0.25, -0.2) is 4.39 Å². The molecule has 0 aliphatic carbocycles. The van der Waals surface area contributed by atoms with Gasteiger partial charge in [0.1, 0.15) is 5.82 Å². The Bertz CT molecular complexity index is 395. The second kappa shape index (κ2) is 11.0. The number of halogens is 2. The molecule has 1 aromatic rings. The van der Waals surface area contributed by atoms with Gasteiger partial charge in [0.15, 0.2) is 0 Å². The molecule has 0 bridgehead atoms. The Balaban J connectivity index is 2.25. The van der Waals surface area contributed by atoms with Gasteiger partial charge in [-0.15, -0.1) is 0 Å². The summed E-state index contributed by atoms with van der Waals surface area (Å²) in [5.41, 5.74) is 1.03. The van der Waals surface area contributed by atoms with E-state index in [0.29, 0.717) is 11.1 Å². The molecule has 0 aromatic heterocycles. The summed E-state index contributed by atoms with van der Waals surface area (Å²) >= 11 is 6.10. The standard InChI is InChI=1S/C18H29ClFN/c1-3-4-5-6-7-8-9-10-17(21-2)13-15-11-12-16(20)14-18(15)19/h11-12,14,17,21H,3-10,13H2,1-2H3. The molecule has 1 rings (SSSR count). The molecule has 0 aliphatic rings. The predicted molar refractivity (Wildman–Crippen MR) is 90.6 cm³/mol. The number of benzene rings is 1. The molecule has 0 saturated heterocycles. The number of nitrogens with one attached hydrogen (secondary N) is 1. The van der Waals surface area contributed by atoms with Gasteiger partial charge in [0.05, 0.1) is 0 Å². The fourth-order valence-corrected chi connectivity index (χ4v) is 2.89. The molecule has 1 N–H and O–H groups in total. The number of hydrogen-bond donors (Lipinski definition) is 1. The van der Waals surface area contributed by atoms with Crippen LogP contribution in [-0.4, -0.2) is 13.1 Å². The summed E-state index contributed by atoms with van der Waals surface area (Å²) in [6.45, 7) is 2.25. The molecular formula is C18H29ClFN. The van der Waals surface area contributed by atoms with Gasteiger partial charge in [0, 0.05) is 11.1 Å². The highest BCUT2D eigenvalue weighted by Crippen LogP contribution is 2.20. The van der Waals surface area contributed by atoms with Crippen LogP contribution in [0.2, 0.25) is 5.02 Å². The number of hydrogen-bond acceptors (Lipinski definition) is 1. The van der Waals surface area contributed by atoms with Crippen LogP contribution >= 0.6 is 11.6 Å². The summed E-state index contributed by atoms with van der Waals surface area (Å²) in [6, 6.07) is 5.11. The Morgan fingerprint density at radius 2 is 1.76 bits per heavy atom. The smallest absolute Gasteiger partial charge is 0.124 e. The fourth-order valence-electron chi connectivity index (χ4n) is 2.65. The molecule has 1 unspecified atom stereocenters. The average molecular weight is 314 g/mol. The Morgan fingerprint density at radius 3 is 2.38 bits per heavy atom. The summed E-state index contributed by atoms with van der Waals surface area (Å²) in [7, 11) is 1.99. The van der Waals surface area contributed by atoms with Gasteiger partial charge < -0.3 is 5.32 Å². The second-order valence-corrected chi connectivity index (χ2v) is 6.24. The summed E-state index contributed by atoms with van der Waals surface area (Å²) in [5.74, 6) is -0.267. The first-order valence-corrected chi connectivity index (χ1v) is 8.66. The third-order valence-electron chi connectivity index (χ3n) is 4.05. The highest BCUT2D eigenvalue weighted by Gasteiger charge is 2.10. The van der Waals surface area contributed by atoms with E-state index >= 15 is 0 Å². The Kier molecular flexibility index (Phi) is 9.69. The van der Waals surface area contributed by atoms with Crippen molar-refractivity contribution in [3.05, 3.63) is 34.6 Å². The Labute approximate surface area is 134 Å². The zero-order valence-corrected chi connectivity index (χ0v) is 14.2. The van der Waals surface area contributed by atoms with Crippen LogP contribution in [0.5, 0.6) is 0 Å². The van der Waals surface area contributed by atoms with Crippen LogP contribution in [0.1, 0.15) is 63.9 Å². The highest BCUT2D eigenvalue weighted by atomic mass is 35.5. The van der Waals surface area contributed by atoms with E-state index in [0.717, 1.165) is 18.4 Å². The first-order chi connectivity index (χ1) is 10.2. The molecule has 0 saturated carbocycles. The molecule has 1 nitrogen and oxygen atoms in total. The molecule has 0 heterocycles. The molecule has 1 aromatic carbocycles. The molecule has 0 spiro atoms. The van der Waals surface area contributed by atoms with Crippen LogP contribution in [-0.2, 0) is 6.42 Å². The summed E-state index contributed by atoms with van der Waals surface area (Å²) in [5, 5.41) is 3.89. The van der Waals surface area contributed by atoms with E-state index in [1.54, 1.807) is 6.07 Å². The third-order valence-corrected chi connectivity index (χ3v) is 4.40. The summed E-state index contributed by atoms with van der Waals surface area (Å²) in [6.07, 6.45) is 11.3. The van der Waals surface area contributed by atoms with Crippen molar-refractivity contribution in [1.29, 1.82) is 0 Å². The maximum Gasteiger partial charge on any atom is 0.124 e. The average Bonchev–Trinajstić information content (AvgIpc) is 2.47. The number of unbranched alkanes of at least 4 members (excludes halogenated alkanes) is 6. The zero-order valence-electron chi connectivity index (χ0n) is 13.4. The van der Waals surface area contributed by atoms with Crippen molar-refractivity contribution in [1.82, 2.24) is 5.32 Å². The second-order valence-electron chi connectivity index (χ2n) is 5.84. The van der Waals surface area contributed by atoms with Crippen molar-refractivity contribution in [2.45, 2.75) is 70.8 Å². The van der Waals surface area contributed by atoms with E-state index < -0.39 is 0 Å². The van der Waals surface area contributed by atoms with Crippen molar-refractivity contribution >= 4 is 11.6 Å². The molecule has 21 heavy (non-hydrogen) atoms. The van der Waals surface area contributed by atoms with Gasteiger partial charge in [-0.3, -0.25) is 0 Å². The molecular weight excluding hydrogens is 285 g/mol. The van der Waals surface area contributed by atoms with Crippen LogP contribution in [0.3, 0.4) is 0 Å². The van der Waals surface area contributed by atoms with Crippen LogP contribution < -0.4 is 5.32 Å². The summed E-state index contributed by atoms with van der Waals surface area (Å²) in [4.78, 5) is 0. The van der Waals surface area contributed by atoms with E-state index in [1.807, 2.05) is 7.05 Å².